The third-order valence-corrected chi connectivity index (χ3v) is 4.17. The second-order valence-electron chi connectivity index (χ2n) is 3.96. The van der Waals surface area contributed by atoms with Crippen LogP contribution in [0.5, 0.6) is 0 Å². The average Bonchev–Trinajstić information content (AvgIpc) is 2.64. The summed E-state index contributed by atoms with van der Waals surface area (Å²) in [5.41, 5.74) is 0.949. The maximum Gasteiger partial charge on any atom is 0.262 e. The lowest BCUT2D eigenvalue weighted by Gasteiger charge is -2.03. The van der Waals surface area contributed by atoms with Crippen molar-refractivity contribution in [3.8, 4) is 0 Å². The molecular formula is C12H18ClNO2S. The van der Waals surface area contributed by atoms with Crippen LogP contribution in [0, 0.1) is 6.92 Å². The molecule has 0 bridgehead atoms. The number of unbranched alkanes of at least 4 members (excludes halogenated alkanes) is 3. The molecule has 0 spiro atoms. The predicted octanol–water partition coefficient (Wildman–Crippen LogP) is 2.99. The normalized spacial score (nSPS) is 10.5. The fourth-order valence-corrected chi connectivity index (χ4v) is 2.65. The molecule has 96 valence electrons. The van der Waals surface area contributed by atoms with E-state index in [1.54, 1.807) is 0 Å². The number of amides is 1. The van der Waals surface area contributed by atoms with Gasteiger partial charge in [0.2, 0.25) is 0 Å². The SMILES string of the molecule is Cc1csc(C(=O)NCCCCCCO)c1Cl. The van der Waals surface area contributed by atoms with E-state index in [-0.39, 0.29) is 12.5 Å². The van der Waals surface area contributed by atoms with Crippen LogP contribution in [0.1, 0.15) is 40.9 Å². The summed E-state index contributed by atoms with van der Waals surface area (Å²) in [7, 11) is 0. The lowest BCUT2D eigenvalue weighted by atomic mass is 10.2. The number of hydrogen-bond acceptors (Lipinski definition) is 3. The standard InChI is InChI=1S/C12H18ClNO2S/c1-9-8-17-11(10(9)13)12(16)14-6-4-2-3-5-7-15/h8,15H,2-7H2,1H3,(H,14,16). The van der Waals surface area contributed by atoms with E-state index < -0.39 is 0 Å². The van der Waals surface area contributed by atoms with Gasteiger partial charge in [0.25, 0.3) is 5.91 Å². The Kier molecular flexibility index (Phi) is 6.55. The molecule has 0 fully saturated rings. The van der Waals surface area contributed by atoms with Crippen LogP contribution in [0.15, 0.2) is 5.38 Å². The summed E-state index contributed by atoms with van der Waals surface area (Å²) in [5, 5.41) is 13.9. The Morgan fingerprint density at radius 3 is 2.71 bits per heavy atom. The van der Waals surface area contributed by atoms with Gasteiger partial charge in [-0.3, -0.25) is 4.79 Å². The number of aliphatic hydroxyl groups excluding tert-OH is 1. The second kappa shape index (κ2) is 7.69. The molecule has 1 aromatic rings. The minimum Gasteiger partial charge on any atom is -0.396 e. The second-order valence-corrected chi connectivity index (χ2v) is 5.21. The van der Waals surface area contributed by atoms with Gasteiger partial charge in [-0.1, -0.05) is 24.4 Å². The zero-order valence-corrected chi connectivity index (χ0v) is 11.5. The Bertz CT molecular complexity index is 365. The molecule has 0 saturated heterocycles. The number of aliphatic hydroxyl groups is 1. The molecule has 5 heteroatoms. The molecule has 0 aliphatic carbocycles. The molecule has 0 unspecified atom stereocenters. The molecule has 0 aliphatic rings. The highest BCUT2D eigenvalue weighted by atomic mass is 35.5. The molecule has 1 amide bonds. The van der Waals surface area contributed by atoms with Crippen molar-refractivity contribution in [1.29, 1.82) is 0 Å². The van der Waals surface area contributed by atoms with Gasteiger partial charge < -0.3 is 10.4 Å². The Hall–Kier alpha value is -0.580. The molecule has 2 N–H and O–H groups in total. The smallest absolute Gasteiger partial charge is 0.262 e. The number of halogens is 1. The van der Waals surface area contributed by atoms with Gasteiger partial charge in [-0.25, -0.2) is 0 Å². The van der Waals surface area contributed by atoms with Crippen LogP contribution in [0.4, 0.5) is 0 Å². The number of hydrogen-bond donors (Lipinski definition) is 2. The molecular weight excluding hydrogens is 258 g/mol. The van der Waals surface area contributed by atoms with Gasteiger partial charge in [-0.05, 0) is 30.7 Å². The lowest BCUT2D eigenvalue weighted by molar-refractivity contribution is 0.0957. The van der Waals surface area contributed by atoms with E-state index in [1.807, 2.05) is 12.3 Å². The van der Waals surface area contributed by atoms with Crippen LogP contribution in [0.25, 0.3) is 0 Å². The van der Waals surface area contributed by atoms with Crippen LogP contribution >= 0.6 is 22.9 Å². The van der Waals surface area contributed by atoms with Gasteiger partial charge in [-0.2, -0.15) is 0 Å². The summed E-state index contributed by atoms with van der Waals surface area (Å²) >= 11 is 7.39. The average molecular weight is 276 g/mol. The van der Waals surface area contributed by atoms with E-state index in [0.717, 1.165) is 31.2 Å². The molecule has 3 nitrogen and oxygen atoms in total. The molecule has 0 aromatic carbocycles. The minimum absolute atomic E-state index is 0.0877. The Morgan fingerprint density at radius 1 is 1.41 bits per heavy atom. The van der Waals surface area contributed by atoms with Crippen LogP contribution in [-0.4, -0.2) is 24.2 Å². The van der Waals surface area contributed by atoms with Crippen LogP contribution < -0.4 is 5.32 Å². The minimum atomic E-state index is -0.0877. The molecule has 1 heterocycles. The van der Waals surface area contributed by atoms with Crippen molar-refractivity contribution in [3.05, 3.63) is 20.8 Å². The van der Waals surface area contributed by atoms with Crippen molar-refractivity contribution in [1.82, 2.24) is 5.32 Å². The third-order valence-electron chi connectivity index (χ3n) is 2.48. The van der Waals surface area contributed by atoms with E-state index in [9.17, 15) is 4.79 Å². The van der Waals surface area contributed by atoms with Gasteiger partial charge in [0, 0.05) is 13.2 Å². The van der Waals surface area contributed by atoms with Crippen LogP contribution in [0.2, 0.25) is 5.02 Å². The summed E-state index contributed by atoms with van der Waals surface area (Å²) in [5.74, 6) is -0.0877. The Balaban J connectivity index is 2.24. The first kappa shape index (κ1) is 14.5. The molecule has 17 heavy (non-hydrogen) atoms. The first-order valence-electron chi connectivity index (χ1n) is 5.79. The highest BCUT2D eigenvalue weighted by molar-refractivity contribution is 7.13. The fraction of sp³-hybridized carbons (Fsp3) is 0.583. The number of carbonyl (C=O) groups is 1. The monoisotopic (exact) mass is 275 g/mol. The summed E-state index contributed by atoms with van der Waals surface area (Å²) in [6.07, 6.45) is 3.81. The van der Waals surface area contributed by atoms with Crippen molar-refractivity contribution in [2.24, 2.45) is 0 Å². The Labute approximate surface area is 111 Å². The largest absolute Gasteiger partial charge is 0.396 e. The highest BCUT2D eigenvalue weighted by Crippen LogP contribution is 2.26. The topological polar surface area (TPSA) is 49.3 Å². The molecule has 0 aliphatic heterocycles. The van der Waals surface area contributed by atoms with Gasteiger partial charge >= 0.3 is 0 Å². The van der Waals surface area contributed by atoms with Gasteiger partial charge in [0.15, 0.2) is 0 Å². The van der Waals surface area contributed by atoms with Crippen molar-refractivity contribution in [2.75, 3.05) is 13.2 Å². The molecule has 1 rings (SSSR count). The molecule has 0 radical (unpaired) electrons. The number of nitrogens with one attached hydrogen (secondary N) is 1. The lowest BCUT2D eigenvalue weighted by Crippen LogP contribution is -2.23. The first-order chi connectivity index (χ1) is 8.16. The Morgan fingerprint density at radius 2 is 2.12 bits per heavy atom. The first-order valence-corrected chi connectivity index (χ1v) is 7.05. The van der Waals surface area contributed by atoms with Crippen LogP contribution in [0.3, 0.4) is 0 Å². The third kappa shape index (κ3) is 4.66. The van der Waals surface area contributed by atoms with E-state index in [2.05, 4.69) is 5.32 Å². The van der Waals surface area contributed by atoms with E-state index in [0.29, 0.717) is 16.4 Å². The zero-order chi connectivity index (χ0) is 12.7. The van der Waals surface area contributed by atoms with Crippen molar-refractivity contribution in [2.45, 2.75) is 32.6 Å². The van der Waals surface area contributed by atoms with Gasteiger partial charge in [-0.15, -0.1) is 11.3 Å². The maximum atomic E-state index is 11.7. The summed E-state index contributed by atoms with van der Waals surface area (Å²) in [4.78, 5) is 12.3. The summed E-state index contributed by atoms with van der Waals surface area (Å²) in [6.45, 7) is 2.80. The zero-order valence-electron chi connectivity index (χ0n) is 9.96. The quantitative estimate of drug-likeness (QED) is 0.752. The summed E-state index contributed by atoms with van der Waals surface area (Å²) < 4.78 is 0. The fourth-order valence-electron chi connectivity index (χ4n) is 1.46. The van der Waals surface area contributed by atoms with E-state index in [1.165, 1.54) is 11.3 Å². The van der Waals surface area contributed by atoms with Crippen LogP contribution in [-0.2, 0) is 0 Å². The maximum absolute atomic E-state index is 11.7. The molecule has 0 atom stereocenters. The summed E-state index contributed by atoms with van der Waals surface area (Å²) in [6, 6.07) is 0. The van der Waals surface area contributed by atoms with Crippen molar-refractivity contribution >= 4 is 28.8 Å². The predicted molar refractivity (Wildman–Crippen MR) is 72.0 cm³/mol. The highest BCUT2D eigenvalue weighted by Gasteiger charge is 2.13. The van der Waals surface area contributed by atoms with Gasteiger partial charge in [0.1, 0.15) is 4.88 Å². The van der Waals surface area contributed by atoms with Crippen molar-refractivity contribution < 1.29 is 9.90 Å². The van der Waals surface area contributed by atoms with Crippen molar-refractivity contribution in [3.63, 3.8) is 0 Å². The van der Waals surface area contributed by atoms with E-state index in [4.69, 9.17) is 16.7 Å². The molecule has 0 saturated carbocycles. The number of rotatable bonds is 7. The number of thiophene rings is 1. The van der Waals surface area contributed by atoms with E-state index >= 15 is 0 Å². The van der Waals surface area contributed by atoms with Gasteiger partial charge in [0.05, 0.1) is 5.02 Å². The molecule has 1 aromatic heterocycles. The number of aryl methyl sites for hydroxylation is 1. The number of carbonyl (C=O) groups excluding carboxylic acids is 1.